The number of halogens is 4. The molecule has 0 aromatic heterocycles. The Hall–Kier alpha value is -2.12. The SMILES string of the molecule is C[C@@H](O[C@@H]1CN(c2ccc(F)cc2)CCO1)c1cccc(C(F)(F)F)c1. The lowest BCUT2D eigenvalue weighted by Crippen LogP contribution is -2.44. The van der Waals surface area contributed by atoms with Crippen LogP contribution in [0, 0.1) is 5.82 Å². The minimum Gasteiger partial charge on any atom is -0.364 e. The van der Waals surface area contributed by atoms with Crippen LogP contribution >= 0.6 is 0 Å². The molecule has 2 aromatic carbocycles. The summed E-state index contributed by atoms with van der Waals surface area (Å²) >= 11 is 0. The lowest BCUT2D eigenvalue weighted by atomic mass is 10.1. The van der Waals surface area contributed by atoms with E-state index in [1.165, 1.54) is 18.2 Å². The maximum absolute atomic E-state index is 13.1. The molecule has 1 fully saturated rings. The molecule has 3 rings (SSSR count). The van der Waals surface area contributed by atoms with Gasteiger partial charge in [0.25, 0.3) is 0 Å². The second kappa shape index (κ2) is 7.63. The summed E-state index contributed by atoms with van der Waals surface area (Å²) in [5.41, 5.74) is 0.570. The maximum atomic E-state index is 13.1. The molecule has 3 nitrogen and oxygen atoms in total. The van der Waals surface area contributed by atoms with Crippen LogP contribution in [0.5, 0.6) is 0 Å². The molecule has 2 aromatic rings. The van der Waals surface area contributed by atoms with Crippen molar-refractivity contribution in [3.8, 4) is 0 Å². The van der Waals surface area contributed by atoms with Crippen molar-refractivity contribution in [1.82, 2.24) is 0 Å². The van der Waals surface area contributed by atoms with Gasteiger partial charge >= 0.3 is 6.18 Å². The highest BCUT2D eigenvalue weighted by Crippen LogP contribution is 2.32. The van der Waals surface area contributed by atoms with E-state index >= 15 is 0 Å². The summed E-state index contributed by atoms with van der Waals surface area (Å²) in [5, 5.41) is 0. The molecule has 1 aliphatic rings. The van der Waals surface area contributed by atoms with Crippen LogP contribution in [0.2, 0.25) is 0 Å². The van der Waals surface area contributed by atoms with Crippen LogP contribution < -0.4 is 4.90 Å². The Morgan fingerprint density at radius 1 is 1.15 bits per heavy atom. The highest BCUT2D eigenvalue weighted by Gasteiger charge is 2.31. The van der Waals surface area contributed by atoms with Gasteiger partial charge in [-0.25, -0.2) is 4.39 Å². The van der Waals surface area contributed by atoms with E-state index in [1.54, 1.807) is 25.1 Å². The minimum atomic E-state index is -4.39. The third-order valence-electron chi connectivity index (χ3n) is 4.27. The summed E-state index contributed by atoms with van der Waals surface area (Å²) < 4.78 is 63.0. The van der Waals surface area contributed by atoms with E-state index in [2.05, 4.69) is 0 Å². The molecule has 0 N–H and O–H groups in total. The second-order valence-electron chi connectivity index (χ2n) is 6.12. The van der Waals surface area contributed by atoms with Crippen LogP contribution in [0.4, 0.5) is 23.2 Å². The summed E-state index contributed by atoms with van der Waals surface area (Å²) in [4.78, 5) is 1.99. The molecule has 0 amide bonds. The molecule has 0 spiro atoms. The van der Waals surface area contributed by atoms with Gasteiger partial charge < -0.3 is 14.4 Å². The highest BCUT2D eigenvalue weighted by atomic mass is 19.4. The maximum Gasteiger partial charge on any atom is 0.416 e. The van der Waals surface area contributed by atoms with Gasteiger partial charge in [0.15, 0.2) is 6.29 Å². The fraction of sp³-hybridized carbons (Fsp3) is 0.368. The average molecular weight is 369 g/mol. The lowest BCUT2D eigenvalue weighted by Gasteiger charge is -2.35. The minimum absolute atomic E-state index is 0.312. The Morgan fingerprint density at radius 3 is 2.58 bits per heavy atom. The van der Waals surface area contributed by atoms with Gasteiger partial charge in [0.05, 0.1) is 24.8 Å². The first-order valence-electron chi connectivity index (χ1n) is 8.27. The van der Waals surface area contributed by atoms with E-state index in [4.69, 9.17) is 9.47 Å². The summed E-state index contributed by atoms with van der Waals surface area (Å²) in [6.45, 7) is 3.14. The largest absolute Gasteiger partial charge is 0.416 e. The number of ether oxygens (including phenoxy) is 2. The molecule has 7 heteroatoms. The molecular formula is C19H19F4NO2. The third kappa shape index (κ3) is 4.53. The van der Waals surface area contributed by atoms with Crippen molar-refractivity contribution < 1.29 is 27.0 Å². The normalized spacial score (nSPS) is 19.4. The zero-order valence-electron chi connectivity index (χ0n) is 14.2. The van der Waals surface area contributed by atoms with Gasteiger partial charge in [-0.15, -0.1) is 0 Å². The Labute approximate surface area is 149 Å². The standard InChI is InChI=1S/C19H19F4NO2/c1-13(14-3-2-4-15(11-14)19(21,22)23)26-18-12-24(9-10-25-18)17-7-5-16(20)6-8-17/h2-8,11,13,18H,9-10,12H2,1H3/t13-,18-/m1/s1. The number of morpholine rings is 1. The number of hydrogen-bond donors (Lipinski definition) is 0. The van der Waals surface area contributed by atoms with E-state index in [9.17, 15) is 17.6 Å². The number of alkyl halides is 3. The second-order valence-corrected chi connectivity index (χ2v) is 6.12. The van der Waals surface area contributed by atoms with Gasteiger partial charge in [-0.1, -0.05) is 12.1 Å². The van der Waals surface area contributed by atoms with E-state index < -0.39 is 24.1 Å². The van der Waals surface area contributed by atoms with Crippen molar-refractivity contribution in [2.24, 2.45) is 0 Å². The Kier molecular flexibility index (Phi) is 5.48. The molecular weight excluding hydrogens is 350 g/mol. The Morgan fingerprint density at radius 2 is 1.88 bits per heavy atom. The summed E-state index contributed by atoms with van der Waals surface area (Å²) in [7, 11) is 0. The quantitative estimate of drug-likeness (QED) is 0.724. The number of nitrogens with zero attached hydrogens (tertiary/aromatic N) is 1. The number of hydrogen-bond acceptors (Lipinski definition) is 3. The van der Waals surface area contributed by atoms with Crippen molar-refractivity contribution in [1.29, 1.82) is 0 Å². The van der Waals surface area contributed by atoms with Crippen LogP contribution in [0.25, 0.3) is 0 Å². The number of anilines is 1. The van der Waals surface area contributed by atoms with Gasteiger partial charge in [-0.3, -0.25) is 0 Å². The zero-order chi connectivity index (χ0) is 18.7. The molecule has 0 saturated carbocycles. The zero-order valence-corrected chi connectivity index (χ0v) is 14.2. The fourth-order valence-corrected chi connectivity index (χ4v) is 2.86. The van der Waals surface area contributed by atoms with Crippen molar-refractivity contribution >= 4 is 5.69 Å². The van der Waals surface area contributed by atoms with E-state index in [0.717, 1.165) is 17.8 Å². The molecule has 0 unspecified atom stereocenters. The summed E-state index contributed by atoms with van der Waals surface area (Å²) in [6.07, 6.45) is -5.54. The van der Waals surface area contributed by atoms with Crippen LogP contribution in [-0.2, 0) is 15.7 Å². The van der Waals surface area contributed by atoms with Gasteiger partial charge in [-0.05, 0) is 48.9 Å². The Balaban J connectivity index is 1.65. The molecule has 140 valence electrons. The molecule has 0 radical (unpaired) electrons. The molecule has 26 heavy (non-hydrogen) atoms. The van der Waals surface area contributed by atoms with Crippen LogP contribution in [0.3, 0.4) is 0 Å². The first kappa shape index (κ1) is 18.7. The summed E-state index contributed by atoms with van der Waals surface area (Å²) in [6, 6.07) is 11.2. The molecule has 2 atom stereocenters. The molecule has 0 aliphatic carbocycles. The first-order chi connectivity index (χ1) is 12.3. The van der Waals surface area contributed by atoms with E-state index in [0.29, 0.717) is 25.3 Å². The van der Waals surface area contributed by atoms with Gasteiger partial charge in [0.1, 0.15) is 5.82 Å². The fourth-order valence-electron chi connectivity index (χ4n) is 2.86. The topological polar surface area (TPSA) is 21.7 Å². The average Bonchev–Trinajstić information content (AvgIpc) is 2.62. The molecule has 0 bridgehead atoms. The lowest BCUT2D eigenvalue weighted by molar-refractivity contribution is -0.171. The van der Waals surface area contributed by atoms with Crippen molar-refractivity contribution in [2.75, 3.05) is 24.6 Å². The van der Waals surface area contributed by atoms with E-state index in [-0.39, 0.29) is 5.82 Å². The van der Waals surface area contributed by atoms with Crippen LogP contribution in [0.15, 0.2) is 48.5 Å². The van der Waals surface area contributed by atoms with Gasteiger partial charge in [-0.2, -0.15) is 13.2 Å². The molecule has 1 aliphatic heterocycles. The molecule has 1 saturated heterocycles. The Bertz CT molecular complexity index is 733. The van der Waals surface area contributed by atoms with Gasteiger partial charge in [0, 0.05) is 12.2 Å². The number of benzene rings is 2. The number of rotatable bonds is 4. The van der Waals surface area contributed by atoms with Crippen molar-refractivity contribution in [3.63, 3.8) is 0 Å². The van der Waals surface area contributed by atoms with Crippen LogP contribution in [0.1, 0.15) is 24.2 Å². The first-order valence-corrected chi connectivity index (χ1v) is 8.27. The van der Waals surface area contributed by atoms with Gasteiger partial charge in [0.2, 0.25) is 0 Å². The van der Waals surface area contributed by atoms with Crippen LogP contribution in [-0.4, -0.2) is 26.0 Å². The van der Waals surface area contributed by atoms with E-state index in [1.807, 2.05) is 4.90 Å². The highest BCUT2D eigenvalue weighted by molar-refractivity contribution is 5.46. The predicted octanol–water partition coefficient (Wildman–Crippen LogP) is 4.79. The third-order valence-corrected chi connectivity index (χ3v) is 4.27. The van der Waals surface area contributed by atoms with Crippen molar-refractivity contribution in [3.05, 3.63) is 65.5 Å². The monoisotopic (exact) mass is 369 g/mol. The predicted molar refractivity (Wildman–Crippen MR) is 89.3 cm³/mol. The smallest absolute Gasteiger partial charge is 0.364 e. The molecule has 1 heterocycles. The summed E-state index contributed by atoms with van der Waals surface area (Å²) in [5.74, 6) is -0.312. The van der Waals surface area contributed by atoms with Crippen molar-refractivity contribution in [2.45, 2.75) is 25.5 Å².